The van der Waals surface area contributed by atoms with Crippen LogP contribution in [0.5, 0.6) is 0 Å². The van der Waals surface area contributed by atoms with Crippen molar-refractivity contribution in [2.75, 3.05) is 0 Å². The molecular weight excluding hydrogens is 258 g/mol. The van der Waals surface area contributed by atoms with Gasteiger partial charge in [0.1, 0.15) is 5.76 Å². The van der Waals surface area contributed by atoms with Gasteiger partial charge in [-0.1, -0.05) is 51.1 Å². The molecule has 1 aliphatic heterocycles. The summed E-state index contributed by atoms with van der Waals surface area (Å²) in [7, 11) is 0. The van der Waals surface area contributed by atoms with E-state index in [9.17, 15) is 0 Å². The average molecular weight is 277 g/mol. The van der Waals surface area contributed by atoms with Crippen LogP contribution in [0.15, 0.2) is 65.7 Å². The Kier molecular flexibility index (Phi) is 3.38. The quantitative estimate of drug-likeness (QED) is 0.703. The first-order chi connectivity index (χ1) is 10.0. The van der Waals surface area contributed by atoms with Crippen LogP contribution in [0, 0.1) is 5.41 Å². The highest BCUT2D eigenvalue weighted by Crippen LogP contribution is 2.35. The van der Waals surface area contributed by atoms with Crippen LogP contribution < -0.4 is 0 Å². The van der Waals surface area contributed by atoms with Crippen molar-refractivity contribution in [1.82, 2.24) is 0 Å². The van der Waals surface area contributed by atoms with Crippen molar-refractivity contribution in [2.24, 2.45) is 10.4 Å². The SMILES string of the molecule is CC(C)(C)/C=C1\OC(c2ccccc2)=Nc2ccccc21. The van der Waals surface area contributed by atoms with E-state index in [1.165, 1.54) is 0 Å². The van der Waals surface area contributed by atoms with Gasteiger partial charge in [-0.15, -0.1) is 0 Å². The highest BCUT2D eigenvalue weighted by Gasteiger charge is 2.21. The number of benzene rings is 2. The predicted molar refractivity (Wildman–Crippen MR) is 87.6 cm³/mol. The van der Waals surface area contributed by atoms with E-state index in [0.29, 0.717) is 5.90 Å². The number of aliphatic imine (C=N–C) groups is 1. The minimum absolute atomic E-state index is 0.0432. The zero-order valence-electron chi connectivity index (χ0n) is 12.6. The Hall–Kier alpha value is -2.35. The van der Waals surface area contributed by atoms with Crippen molar-refractivity contribution in [3.63, 3.8) is 0 Å². The van der Waals surface area contributed by atoms with Crippen LogP contribution in [0.1, 0.15) is 31.9 Å². The first-order valence-electron chi connectivity index (χ1n) is 7.17. The zero-order chi connectivity index (χ0) is 14.9. The van der Waals surface area contributed by atoms with E-state index in [4.69, 9.17) is 4.74 Å². The van der Waals surface area contributed by atoms with Crippen LogP contribution >= 0.6 is 0 Å². The summed E-state index contributed by atoms with van der Waals surface area (Å²) in [6.45, 7) is 6.50. The topological polar surface area (TPSA) is 21.6 Å². The molecule has 0 amide bonds. The summed E-state index contributed by atoms with van der Waals surface area (Å²) in [6, 6.07) is 18.1. The lowest BCUT2D eigenvalue weighted by atomic mass is 9.93. The van der Waals surface area contributed by atoms with Gasteiger partial charge in [0.15, 0.2) is 0 Å². The molecule has 0 atom stereocenters. The molecular formula is C19H19NO. The standard InChI is InChI=1S/C19H19NO/c1-19(2,3)13-17-15-11-7-8-12-16(15)20-18(21-17)14-9-5-4-6-10-14/h4-13H,1-3H3/b17-13-. The Morgan fingerprint density at radius 1 is 0.905 bits per heavy atom. The van der Waals surface area contributed by atoms with Crippen molar-refractivity contribution < 1.29 is 4.74 Å². The molecule has 0 saturated carbocycles. The minimum atomic E-state index is 0.0432. The summed E-state index contributed by atoms with van der Waals surface area (Å²) in [5, 5.41) is 0. The summed E-state index contributed by atoms with van der Waals surface area (Å²) in [4.78, 5) is 4.65. The highest BCUT2D eigenvalue weighted by atomic mass is 16.5. The molecule has 0 radical (unpaired) electrons. The van der Waals surface area contributed by atoms with Crippen molar-refractivity contribution in [3.8, 4) is 0 Å². The summed E-state index contributed by atoms with van der Waals surface area (Å²) in [6.07, 6.45) is 2.16. The maximum atomic E-state index is 6.09. The van der Waals surface area contributed by atoms with Gasteiger partial charge in [0, 0.05) is 11.1 Å². The van der Waals surface area contributed by atoms with Gasteiger partial charge in [0.2, 0.25) is 5.90 Å². The second-order valence-electron chi connectivity index (χ2n) is 6.28. The smallest absolute Gasteiger partial charge is 0.227 e. The Labute approximate surface area is 125 Å². The van der Waals surface area contributed by atoms with E-state index in [2.05, 4.69) is 37.9 Å². The summed E-state index contributed by atoms with van der Waals surface area (Å²) < 4.78 is 6.09. The lowest BCUT2D eigenvalue weighted by Crippen LogP contribution is -2.12. The Morgan fingerprint density at radius 3 is 2.29 bits per heavy atom. The van der Waals surface area contributed by atoms with Crippen molar-refractivity contribution >= 4 is 17.3 Å². The van der Waals surface area contributed by atoms with Gasteiger partial charge in [-0.3, -0.25) is 0 Å². The van der Waals surface area contributed by atoms with E-state index >= 15 is 0 Å². The normalized spacial score (nSPS) is 16.1. The van der Waals surface area contributed by atoms with Gasteiger partial charge in [-0.05, 0) is 35.8 Å². The molecule has 0 spiro atoms. The molecule has 0 aromatic heterocycles. The van der Waals surface area contributed by atoms with Crippen LogP contribution in [0.2, 0.25) is 0 Å². The van der Waals surface area contributed by atoms with E-state index in [-0.39, 0.29) is 5.41 Å². The lowest BCUT2D eigenvalue weighted by Gasteiger charge is -2.22. The second-order valence-corrected chi connectivity index (χ2v) is 6.28. The fourth-order valence-electron chi connectivity index (χ4n) is 2.28. The number of ether oxygens (including phenoxy) is 1. The van der Waals surface area contributed by atoms with Crippen LogP contribution in [0.4, 0.5) is 5.69 Å². The summed E-state index contributed by atoms with van der Waals surface area (Å²) in [5.74, 6) is 1.54. The Morgan fingerprint density at radius 2 is 1.57 bits per heavy atom. The average Bonchev–Trinajstić information content (AvgIpc) is 2.46. The highest BCUT2D eigenvalue weighted by molar-refractivity contribution is 6.02. The number of allylic oxidation sites excluding steroid dienone is 1. The van der Waals surface area contributed by atoms with Crippen molar-refractivity contribution in [2.45, 2.75) is 20.8 Å². The number of nitrogens with zero attached hydrogens (tertiary/aromatic N) is 1. The first-order valence-corrected chi connectivity index (χ1v) is 7.17. The van der Waals surface area contributed by atoms with Crippen molar-refractivity contribution in [3.05, 3.63) is 71.8 Å². The van der Waals surface area contributed by atoms with Gasteiger partial charge >= 0.3 is 0 Å². The summed E-state index contributed by atoms with van der Waals surface area (Å²) in [5.41, 5.74) is 3.04. The van der Waals surface area contributed by atoms with Gasteiger partial charge in [0.25, 0.3) is 0 Å². The lowest BCUT2D eigenvalue weighted by molar-refractivity contribution is 0.475. The third-order valence-electron chi connectivity index (χ3n) is 3.18. The Bertz CT molecular complexity index is 706. The van der Waals surface area contributed by atoms with E-state index in [1.807, 2.05) is 48.5 Å². The number of rotatable bonds is 1. The number of fused-ring (bicyclic) bond motifs is 1. The molecule has 0 aliphatic carbocycles. The van der Waals surface area contributed by atoms with Crippen LogP contribution in [0.25, 0.3) is 5.76 Å². The number of para-hydroxylation sites is 1. The largest absolute Gasteiger partial charge is 0.438 e. The molecule has 3 rings (SSSR count). The van der Waals surface area contributed by atoms with Crippen molar-refractivity contribution in [1.29, 1.82) is 0 Å². The van der Waals surface area contributed by atoms with E-state index in [0.717, 1.165) is 22.6 Å². The second kappa shape index (κ2) is 5.21. The molecule has 2 nitrogen and oxygen atoms in total. The van der Waals surface area contributed by atoms with Gasteiger partial charge in [-0.25, -0.2) is 4.99 Å². The Balaban J connectivity index is 2.12. The maximum Gasteiger partial charge on any atom is 0.227 e. The van der Waals surface area contributed by atoms with Crippen LogP contribution in [-0.2, 0) is 4.74 Å². The molecule has 0 saturated heterocycles. The third kappa shape index (κ3) is 3.05. The first kappa shape index (κ1) is 13.6. The molecule has 2 heteroatoms. The molecule has 2 aromatic rings. The molecule has 0 unspecified atom stereocenters. The molecule has 2 aromatic carbocycles. The molecule has 0 bridgehead atoms. The fraction of sp³-hybridized carbons (Fsp3) is 0.211. The monoisotopic (exact) mass is 277 g/mol. The predicted octanol–water partition coefficient (Wildman–Crippen LogP) is 5.18. The zero-order valence-corrected chi connectivity index (χ0v) is 12.6. The van der Waals surface area contributed by atoms with E-state index in [1.54, 1.807) is 0 Å². The number of hydrogen-bond acceptors (Lipinski definition) is 2. The molecule has 0 N–H and O–H groups in total. The van der Waals surface area contributed by atoms with Gasteiger partial charge in [-0.2, -0.15) is 0 Å². The number of hydrogen-bond donors (Lipinski definition) is 0. The van der Waals surface area contributed by atoms with E-state index < -0.39 is 0 Å². The molecule has 1 heterocycles. The summed E-state index contributed by atoms with van der Waals surface area (Å²) >= 11 is 0. The molecule has 106 valence electrons. The van der Waals surface area contributed by atoms with Gasteiger partial charge < -0.3 is 4.74 Å². The molecule has 0 fully saturated rings. The molecule has 21 heavy (non-hydrogen) atoms. The third-order valence-corrected chi connectivity index (χ3v) is 3.18. The van der Waals surface area contributed by atoms with Gasteiger partial charge in [0.05, 0.1) is 5.69 Å². The fourth-order valence-corrected chi connectivity index (χ4v) is 2.28. The van der Waals surface area contributed by atoms with Crippen LogP contribution in [0.3, 0.4) is 0 Å². The van der Waals surface area contributed by atoms with Crippen LogP contribution in [-0.4, -0.2) is 5.90 Å². The maximum absolute atomic E-state index is 6.09. The minimum Gasteiger partial charge on any atom is -0.438 e. The molecule has 1 aliphatic rings.